The lowest BCUT2D eigenvalue weighted by Crippen LogP contribution is -2.44. The molecule has 1 fully saturated rings. The zero-order valence-corrected chi connectivity index (χ0v) is 11.3. The SMILES string of the molecule is O=C(Cc1c(F)cccc1F)NCC1(O)CCCCC1. The predicted octanol–water partition coefficient (Wildman–Crippen LogP) is 2.32. The van der Waals surface area contributed by atoms with E-state index in [0.717, 1.165) is 31.4 Å². The van der Waals surface area contributed by atoms with Gasteiger partial charge in [-0.1, -0.05) is 25.3 Å². The minimum absolute atomic E-state index is 0.141. The highest BCUT2D eigenvalue weighted by atomic mass is 19.1. The number of hydrogen-bond acceptors (Lipinski definition) is 2. The van der Waals surface area contributed by atoms with Gasteiger partial charge in [-0.25, -0.2) is 8.78 Å². The summed E-state index contributed by atoms with van der Waals surface area (Å²) in [5.74, 6) is -1.93. The Labute approximate surface area is 117 Å². The predicted molar refractivity (Wildman–Crippen MR) is 71.1 cm³/mol. The van der Waals surface area contributed by atoms with Gasteiger partial charge in [0, 0.05) is 12.1 Å². The first kappa shape index (κ1) is 14.9. The number of amides is 1. The van der Waals surface area contributed by atoms with Gasteiger partial charge in [-0.15, -0.1) is 0 Å². The molecule has 0 aromatic heterocycles. The van der Waals surface area contributed by atoms with Gasteiger partial charge in [0.25, 0.3) is 0 Å². The van der Waals surface area contributed by atoms with Crippen LogP contribution in [0.2, 0.25) is 0 Å². The first-order chi connectivity index (χ1) is 9.50. The number of halogens is 2. The van der Waals surface area contributed by atoms with Crippen molar-refractivity contribution in [3.8, 4) is 0 Å². The van der Waals surface area contributed by atoms with E-state index in [9.17, 15) is 18.7 Å². The number of benzene rings is 1. The minimum atomic E-state index is -0.873. The zero-order valence-electron chi connectivity index (χ0n) is 11.3. The molecule has 0 saturated heterocycles. The summed E-state index contributed by atoms with van der Waals surface area (Å²) < 4.78 is 26.8. The molecule has 5 heteroatoms. The third-order valence-corrected chi connectivity index (χ3v) is 3.80. The second-order valence-electron chi connectivity index (χ2n) is 5.44. The average molecular weight is 283 g/mol. The molecule has 1 aromatic rings. The van der Waals surface area contributed by atoms with E-state index in [-0.39, 0.29) is 18.5 Å². The van der Waals surface area contributed by atoms with Crippen LogP contribution in [0.5, 0.6) is 0 Å². The molecular formula is C15H19F2NO2. The molecule has 0 unspecified atom stereocenters. The van der Waals surface area contributed by atoms with Crippen molar-refractivity contribution in [3.05, 3.63) is 35.4 Å². The molecule has 0 bridgehead atoms. The molecular weight excluding hydrogens is 264 g/mol. The summed E-state index contributed by atoms with van der Waals surface area (Å²) in [6.45, 7) is 0.141. The maximum absolute atomic E-state index is 13.4. The Morgan fingerprint density at radius 1 is 1.20 bits per heavy atom. The fraction of sp³-hybridized carbons (Fsp3) is 0.533. The van der Waals surface area contributed by atoms with Crippen molar-refractivity contribution in [3.63, 3.8) is 0 Å². The largest absolute Gasteiger partial charge is 0.388 e. The van der Waals surface area contributed by atoms with Gasteiger partial charge in [0.1, 0.15) is 11.6 Å². The molecule has 0 spiro atoms. The van der Waals surface area contributed by atoms with Crippen LogP contribution in [0.25, 0.3) is 0 Å². The lowest BCUT2D eigenvalue weighted by molar-refractivity contribution is -0.122. The first-order valence-electron chi connectivity index (χ1n) is 6.92. The summed E-state index contributed by atoms with van der Waals surface area (Å²) in [5.41, 5.74) is -1.11. The molecule has 1 aliphatic rings. The Morgan fingerprint density at radius 3 is 2.40 bits per heavy atom. The summed E-state index contributed by atoms with van der Waals surface area (Å²) in [6, 6.07) is 3.51. The summed E-state index contributed by atoms with van der Waals surface area (Å²) in [7, 11) is 0. The molecule has 0 radical (unpaired) electrons. The van der Waals surface area contributed by atoms with Crippen LogP contribution in [0.15, 0.2) is 18.2 Å². The number of carbonyl (C=O) groups excluding carboxylic acids is 1. The van der Waals surface area contributed by atoms with Crippen molar-refractivity contribution in [2.45, 2.75) is 44.1 Å². The third-order valence-electron chi connectivity index (χ3n) is 3.80. The van der Waals surface area contributed by atoms with Gasteiger partial charge in [0.2, 0.25) is 5.91 Å². The second kappa shape index (κ2) is 6.31. The monoisotopic (exact) mass is 283 g/mol. The van der Waals surface area contributed by atoms with E-state index in [2.05, 4.69) is 5.32 Å². The second-order valence-corrected chi connectivity index (χ2v) is 5.44. The molecule has 1 aliphatic carbocycles. The average Bonchev–Trinajstić information content (AvgIpc) is 2.42. The Hall–Kier alpha value is -1.49. The van der Waals surface area contributed by atoms with Gasteiger partial charge in [0.05, 0.1) is 12.0 Å². The van der Waals surface area contributed by atoms with Crippen molar-refractivity contribution in [1.29, 1.82) is 0 Å². The van der Waals surface area contributed by atoms with E-state index in [4.69, 9.17) is 0 Å². The van der Waals surface area contributed by atoms with E-state index in [0.29, 0.717) is 12.8 Å². The van der Waals surface area contributed by atoms with E-state index in [1.807, 2.05) is 0 Å². The highest BCUT2D eigenvalue weighted by molar-refractivity contribution is 5.78. The molecule has 1 amide bonds. The van der Waals surface area contributed by atoms with Crippen LogP contribution < -0.4 is 5.32 Å². The quantitative estimate of drug-likeness (QED) is 0.891. The Balaban J connectivity index is 1.89. The Kier molecular flexibility index (Phi) is 4.70. The topological polar surface area (TPSA) is 49.3 Å². The molecule has 3 nitrogen and oxygen atoms in total. The van der Waals surface area contributed by atoms with E-state index in [1.54, 1.807) is 0 Å². The van der Waals surface area contributed by atoms with Crippen molar-refractivity contribution in [2.24, 2.45) is 0 Å². The summed E-state index contributed by atoms with van der Waals surface area (Å²) >= 11 is 0. The van der Waals surface area contributed by atoms with Crippen LogP contribution in [0.1, 0.15) is 37.7 Å². The van der Waals surface area contributed by atoms with E-state index in [1.165, 1.54) is 6.07 Å². The van der Waals surface area contributed by atoms with Crippen LogP contribution in [0.3, 0.4) is 0 Å². The fourth-order valence-corrected chi connectivity index (χ4v) is 2.57. The van der Waals surface area contributed by atoms with Gasteiger partial charge in [0.15, 0.2) is 0 Å². The highest BCUT2D eigenvalue weighted by Gasteiger charge is 2.29. The summed E-state index contributed by atoms with van der Waals surface area (Å²) in [6.07, 6.45) is 3.93. The highest BCUT2D eigenvalue weighted by Crippen LogP contribution is 2.27. The first-order valence-corrected chi connectivity index (χ1v) is 6.92. The van der Waals surface area contributed by atoms with Crippen LogP contribution in [0.4, 0.5) is 8.78 Å². The van der Waals surface area contributed by atoms with Crippen LogP contribution in [-0.2, 0) is 11.2 Å². The van der Waals surface area contributed by atoms with Gasteiger partial charge >= 0.3 is 0 Å². The maximum atomic E-state index is 13.4. The number of rotatable bonds is 4. The van der Waals surface area contributed by atoms with Gasteiger partial charge in [-0.3, -0.25) is 4.79 Å². The molecule has 0 aliphatic heterocycles. The molecule has 2 N–H and O–H groups in total. The fourth-order valence-electron chi connectivity index (χ4n) is 2.57. The Bertz CT molecular complexity index is 465. The Morgan fingerprint density at radius 2 is 1.80 bits per heavy atom. The third kappa shape index (κ3) is 3.76. The van der Waals surface area contributed by atoms with Crippen LogP contribution in [0, 0.1) is 11.6 Å². The normalized spacial score (nSPS) is 17.8. The lowest BCUT2D eigenvalue weighted by Gasteiger charge is -2.32. The van der Waals surface area contributed by atoms with Crippen molar-refractivity contribution in [1.82, 2.24) is 5.32 Å². The molecule has 20 heavy (non-hydrogen) atoms. The van der Waals surface area contributed by atoms with Gasteiger partial charge < -0.3 is 10.4 Å². The number of carbonyl (C=O) groups is 1. The van der Waals surface area contributed by atoms with E-state index < -0.39 is 23.1 Å². The van der Waals surface area contributed by atoms with Gasteiger partial charge in [-0.05, 0) is 25.0 Å². The van der Waals surface area contributed by atoms with Crippen molar-refractivity contribution < 1.29 is 18.7 Å². The summed E-state index contributed by atoms with van der Waals surface area (Å²) in [5, 5.41) is 12.8. The smallest absolute Gasteiger partial charge is 0.224 e. The zero-order chi connectivity index (χ0) is 14.6. The molecule has 1 aromatic carbocycles. The molecule has 0 heterocycles. The van der Waals surface area contributed by atoms with Crippen LogP contribution in [-0.4, -0.2) is 23.2 Å². The van der Waals surface area contributed by atoms with Crippen LogP contribution >= 0.6 is 0 Å². The number of hydrogen-bond donors (Lipinski definition) is 2. The molecule has 0 atom stereocenters. The number of aliphatic hydroxyl groups is 1. The maximum Gasteiger partial charge on any atom is 0.224 e. The molecule has 110 valence electrons. The number of nitrogens with one attached hydrogen (secondary N) is 1. The molecule has 1 saturated carbocycles. The van der Waals surface area contributed by atoms with Crippen molar-refractivity contribution >= 4 is 5.91 Å². The van der Waals surface area contributed by atoms with Crippen molar-refractivity contribution in [2.75, 3.05) is 6.54 Å². The van der Waals surface area contributed by atoms with E-state index >= 15 is 0 Å². The lowest BCUT2D eigenvalue weighted by atomic mass is 9.85. The summed E-state index contributed by atoms with van der Waals surface area (Å²) in [4.78, 5) is 11.7. The van der Waals surface area contributed by atoms with Gasteiger partial charge in [-0.2, -0.15) is 0 Å². The molecule has 2 rings (SSSR count). The standard InChI is InChI=1S/C15H19F2NO2/c16-12-5-4-6-13(17)11(12)9-14(19)18-10-15(20)7-2-1-3-8-15/h4-6,20H,1-3,7-10H2,(H,18,19). The minimum Gasteiger partial charge on any atom is -0.388 e.